The van der Waals surface area contributed by atoms with E-state index >= 15 is 0 Å². The van der Waals surface area contributed by atoms with E-state index in [0.29, 0.717) is 6.61 Å². The molecule has 0 heterocycles. The smallest absolute Gasteiger partial charge is 0.195 e. The van der Waals surface area contributed by atoms with Gasteiger partial charge in [-0.1, -0.05) is 0 Å². The summed E-state index contributed by atoms with van der Waals surface area (Å²) in [4.78, 5) is 12.0. The summed E-state index contributed by atoms with van der Waals surface area (Å²) in [6.45, 7) is 2.04. The van der Waals surface area contributed by atoms with Crippen LogP contribution in [-0.2, 0) is 4.74 Å². The van der Waals surface area contributed by atoms with E-state index in [1.54, 1.807) is 6.92 Å². The van der Waals surface area contributed by atoms with Gasteiger partial charge < -0.3 is 4.74 Å². The van der Waals surface area contributed by atoms with Gasteiger partial charge >= 0.3 is 0 Å². The predicted octanol–water partition coefficient (Wildman–Crippen LogP) is 3.10. The summed E-state index contributed by atoms with van der Waals surface area (Å²) < 4.78 is 44.6. The fourth-order valence-corrected chi connectivity index (χ4v) is 1.87. The molecular formula is C13H13F3O2. The highest BCUT2D eigenvalue weighted by Gasteiger charge is 2.38. The molecule has 0 radical (unpaired) electrons. The number of halogens is 3. The minimum Gasteiger partial charge on any atom is -0.370 e. The molecular weight excluding hydrogens is 245 g/mol. The molecule has 0 aromatic heterocycles. The van der Waals surface area contributed by atoms with Gasteiger partial charge in [0.1, 0.15) is 6.10 Å². The van der Waals surface area contributed by atoms with Crippen molar-refractivity contribution in [1.82, 2.24) is 0 Å². The van der Waals surface area contributed by atoms with Gasteiger partial charge in [0.05, 0.1) is 5.56 Å². The quantitative estimate of drug-likeness (QED) is 0.599. The van der Waals surface area contributed by atoms with Crippen LogP contribution >= 0.6 is 0 Å². The number of hydrogen-bond donors (Lipinski definition) is 0. The lowest BCUT2D eigenvalue weighted by atomic mass is 10.0. The maximum atomic E-state index is 13.5. The van der Waals surface area contributed by atoms with Crippen molar-refractivity contribution in [2.75, 3.05) is 6.61 Å². The minimum absolute atomic E-state index is 0.0602. The second kappa shape index (κ2) is 5.10. The molecule has 1 saturated carbocycles. The maximum Gasteiger partial charge on any atom is 0.195 e. The molecule has 18 heavy (non-hydrogen) atoms. The molecule has 0 aliphatic heterocycles. The minimum atomic E-state index is -1.62. The second-order valence-electron chi connectivity index (χ2n) is 4.30. The molecule has 2 rings (SSSR count). The molecule has 1 aliphatic carbocycles. The summed E-state index contributed by atoms with van der Waals surface area (Å²) >= 11 is 0. The zero-order valence-electron chi connectivity index (χ0n) is 9.88. The molecule has 98 valence electrons. The first kappa shape index (κ1) is 13.1. The molecule has 1 atom stereocenters. The molecule has 0 N–H and O–H groups in total. The number of rotatable bonds is 5. The average Bonchev–Trinajstić information content (AvgIpc) is 3.17. The fourth-order valence-electron chi connectivity index (χ4n) is 1.87. The van der Waals surface area contributed by atoms with Gasteiger partial charge in [-0.25, -0.2) is 13.2 Å². The van der Waals surface area contributed by atoms with Crippen molar-refractivity contribution < 1.29 is 22.7 Å². The Bertz CT molecular complexity index is 470. The number of Topliss-reactive ketones (excluding diaryl/α,β-unsaturated/α-hetero) is 1. The highest BCUT2D eigenvalue weighted by molar-refractivity contribution is 6.00. The molecule has 1 aliphatic rings. The van der Waals surface area contributed by atoms with Gasteiger partial charge in [0.2, 0.25) is 0 Å². The zero-order valence-corrected chi connectivity index (χ0v) is 9.88. The standard InChI is InChI=1S/C13H13F3O2/c1-2-18-13(7-3-4-7)12(17)8-5-6-9(14)11(16)10(8)15/h5-7,13H,2-4H2,1H3. The number of carbonyl (C=O) groups excluding carboxylic acids is 1. The molecule has 1 aromatic carbocycles. The van der Waals surface area contributed by atoms with E-state index in [0.717, 1.165) is 25.0 Å². The van der Waals surface area contributed by atoms with E-state index in [9.17, 15) is 18.0 Å². The van der Waals surface area contributed by atoms with Crippen LogP contribution in [-0.4, -0.2) is 18.5 Å². The zero-order chi connectivity index (χ0) is 13.3. The Labute approximate surface area is 103 Å². The van der Waals surface area contributed by atoms with E-state index in [-0.39, 0.29) is 5.92 Å². The Morgan fingerprint density at radius 2 is 2.00 bits per heavy atom. The molecule has 1 aromatic rings. The van der Waals surface area contributed by atoms with Crippen LogP contribution < -0.4 is 0 Å². The van der Waals surface area contributed by atoms with E-state index < -0.39 is 34.9 Å². The Morgan fingerprint density at radius 3 is 2.56 bits per heavy atom. The Kier molecular flexibility index (Phi) is 3.71. The second-order valence-corrected chi connectivity index (χ2v) is 4.30. The maximum absolute atomic E-state index is 13.5. The molecule has 1 unspecified atom stereocenters. The lowest BCUT2D eigenvalue weighted by Crippen LogP contribution is -2.28. The first-order chi connectivity index (χ1) is 8.56. The third kappa shape index (κ3) is 2.41. The predicted molar refractivity (Wildman–Crippen MR) is 58.8 cm³/mol. The van der Waals surface area contributed by atoms with Crippen molar-refractivity contribution >= 4 is 5.78 Å². The lowest BCUT2D eigenvalue weighted by molar-refractivity contribution is 0.0370. The van der Waals surface area contributed by atoms with Crippen molar-refractivity contribution in [3.8, 4) is 0 Å². The third-order valence-electron chi connectivity index (χ3n) is 2.96. The van der Waals surface area contributed by atoms with E-state index in [4.69, 9.17) is 4.74 Å². The van der Waals surface area contributed by atoms with Gasteiger partial charge in [0.25, 0.3) is 0 Å². The van der Waals surface area contributed by atoms with Crippen LogP contribution in [0.2, 0.25) is 0 Å². The van der Waals surface area contributed by atoms with Crippen LogP contribution in [0.4, 0.5) is 13.2 Å². The van der Waals surface area contributed by atoms with Crippen LogP contribution in [0.1, 0.15) is 30.1 Å². The van der Waals surface area contributed by atoms with Gasteiger partial charge in [-0.05, 0) is 37.8 Å². The van der Waals surface area contributed by atoms with Gasteiger partial charge in [0, 0.05) is 6.61 Å². The lowest BCUT2D eigenvalue weighted by Gasteiger charge is -2.15. The molecule has 2 nitrogen and oxygen atoms in total. The SMILES string of the molecule is CCOC(C(=O)c1ccc(F)c(F)c1F)C1CC1. The molecule has 1 fully saturated rings. The van der Waals surface area contributed by atoms with Gasteiger partial charge in [0.15, 0.2) is 23.2 Å². The number of carbonyl (C=O) groups is 1. The monoisotopic (exact) mass is 258 g/mol. The van der Waals surface area contributed by atoms with Gasteiger partial charge in [-0.3, -0.25) is 4.79 Å². The normalized spacial score (nSPS) is 16.7. The topological polar surface area (TPSA) is 26.3 Å². The van der Waals surface area contributed by atoms with Gasteiger partial charge in [-0.15, -0.1) is 0 Å². The van der Waals surface area contributed by atoms with Crippen LogP contribution in [0.5, 0.6) is 0 Å². The Balaban J connectivity index is 2.29. The van der Waals surface area contributed by atoms with Crippen molar-refractivity contribution in [3.63, 3.8) is 0 Å². The molecule has 5 heteroatoms. The van der Waals surface area contributed by atoms with E-state index in [1.807, 2.05) is 0 Å². The number of ether oxygens (including phenoxy) is 1. The van der Waals surface area contributed by atoms with Crippen LogP contribution in [0.3, 0.4) is 0 Å². The Hall–Kier alpha value is -1.36. The van der Waals surface area contributed by atoms with Crippen LogP contribution in [0, 0.1) is 23.4 Å². The Morgan fingerprint density at radius 1 is 1.33 bits per heavy atom. The van der Waals surface area contributed by atoms with Crippen molar-refractivity contribution in [2.24, 2.45) is 5.92 Å². The first-order valence-corrected chi connectivity index (χ1v) is 5.85. The largest absolute Gasteiger partial charge is 0.370 e. The molecule has 0 saturated heterocycles. The van der Waals surface area contributed by atoms with E-state index in [1.165, 1.54) is 0 Å². The first-order valence-electron chi connectivity index (χ1n) is 5.85. The van der Waals surface area contributed by atoms with Gasteiger partial charge in [-0.2, -0.15) is 0 Å². The van der Waals surface area contributed by atoms with Crippen molar-refractivity contribution in [2.45, 2.75) is 25.9 Å². The summed E-state index contributed by atoms with van der Waals surface area (Å²) in [5, 5.41) is 0. The third-order valence-corrected chi connectivity index (χ3v) is 2.96. The highest BCUT2D eigenvalue weighted by atomic mass is 19.2. The highest BCUT2D eigenvalue weighted by Crippen LogP contribution is 2.36. The van der Waals surface area contributed by atoms with E-state index in [2.05, 4.69) is 0 Å². The summed E-state index contributed by atoms with van der Waals surface area (Å²) in [5.41, 5.74) is -0.445. The van der Waals surface area contributed by atoms with Crippen molar-refractivity contribution in [1.29, 1.82) is 0 Å². The van der Waals surface area contributed by atoms with Crippen LogP contribution in [0.25, 0.3) is 0 Å². The molecule has 0 bridgehead atoms. The van der Waals surface area contributed by atoms with Crippen LogP contribution in [0.15, 0.2) is 12.1 Å². The molecule has 0 spiro atoms. The average molecular weight is 258 g/mol. The fraction of sp³-hybridized carbons (Fsp3) is 0.462. The summed E-state index contributed by atoms with van der Waals surface area (Å²) in [5.74, 6) is -4.92. The number of hydrogen-bond acceptors (Lipinski definition) is 2. The van der Waals surface area contributed by atoms with Crippen molar-refractivity contribution in [3.05, 3.63) is 35.1 Å². The summed E-state index contributed by atoms with van der Waals surface area (Å²) in [6, 6.07) is 1.71. The number of benzene rings is 1. The summed E-state index contributed by atoms with van der Waals surface area (Å²) in [7, 11) is 0. The summed E-state index contributed by atoms with van der Waals surface area (Å²) in [6.07, 6.45) is 0.915. The number of ketones is 1. The molecule has 0 amide bonds.